The molecule has 1 aromatic heterocycles. The monoisotopic (exact) mass is 1910 g/mol. The predicted octanol–water partition coefficient (Wildman–Crippen LogP) is -1.68. The second-order valence-corrected chi connectivity index (χ2v) is 36.7. The summed E-state index contributed by atoms with van der Waals surface area (Å²) in [6, 6.07) is 0. The SMILES string of the molecule is O=C(CCCCO[C@H]1O[C@H](CC[PH](=O)O)[C@@H](O)[C@H](O)[C@@H]1O)NCCCNC(=O)CCOCC(COCCC(=O)NCCCNC(=O)CCCCO[C@H]1C[C@H](CCP(=O)(O)O)[C@@H](O)[C@H](O)[C@@H]1O)(COCCC(=O)NCCCNC(=O)CCCCO[C@H]1C[C@H](CCP(=O)(O)O)[C@@H](O)[C@H](O)[C@@H]1O)NC(=O)CCc1cn(CCCCCC(=O)Oc2c(F)c(F)c(F)c(F)c2F)nn1. The van der Waals surface area contributed by atoms with E-state index in [9.17, 15) is 144 Å². The first-order valence-electron chi connectivity index (χ1n) is 42.9. The van der Waals surface area contributed by atoms with Gasteiger partial charge >= 0.3 is 21.2 Å². The molecule has 1 aliphatic heterocycles. The molecule has 734 valence electrons. The van der Waals surface area contributed by atoms with Gasteiger partial charge in [0, 0.05) is 136 Å². The van der Waals surface area contributed by atoms with E-state index in [1.165, 1.54) is 10.9 Å². The van der Waals surface area contributed by atoms with Gasteiger partial charge in [0.1, 0.15) is 48.3 Å². The number of carbonyl (C=O) groups is 8. The minimum absolute atomic E-state index is 0.000194. The van der Waals surface area contributed by atoms with Crippen LogP contribution in [-0.4, -0.2) is 335 Å². The molecular weight excluding hydrogens is 1780 g/mol. The Morgan fingerprint density at radius 1 is 0.453 bits per heavy atom. The van der Waals surface area contributed by atoms with E-state index in [1.807, 2.05) is 0 Å². The summed E-state index contributed by atoms with van der Waals surface area (Å²) in [5.41, 5.74) is -1.28. The molecule has 3 fully saturated rings. The molecule has 51 heteroatoms. The lowest BCUT2D eigenvalue weighted by Gasteiger charge is -2.40. The number of benzene rings is 1. The molecule has 21 N–H and O–H groups in total. The van der Waals surface area contributed by atoms with E-state index in [2.05, 4.69) is 52.3 Å². The Morgan fingerprint density at radius 2 is 0.844 bits per heavy atom. The zero-order valence-electron chi connectivity index (χ0n) is 71.2. The first-order valence-corrected chi connectivity index (χ1v) is 48.0. The fourth-order valence-electron chi connectivity index (χ4n) is 13.9. The Bertz CT molecular complexity index is 3710. The molecule has 2 heterocycles. The maximum atomic E-state index is 14.2. The number of aliphatic hydroxyl groups is 9. The van der Waals surface area contributed by atoms with Crippen LogP contribution >= 0.6 is 23.2 Å². The summed E-state index contributed by atoms with van der Waals surface area (Å²) in [4.78, 5) is 150. The minimum Gasteiger partial charge on any atom is -0.420 e. The van der Waals surface area contributed by atoms with Crippen molar-refractivity contribution in [3.63, 3.8) is 0 Å². The van der Waals surface area contributed by atoms with Gasteiger partial charge in [0.05, 0.1) is 88.2 Å². The van der Waals surface area contributed by atoms with Crippen LogP contribution in [0.1, 0.15) is 166 Å². The molecule has 2 aromatic rings. The van der Waals surface area contributed by atoms with Crippen molar-refractivity contribution in [3.8, 4) is 5.75 Å². The smallest absolute Gasteiger partial charge is 0.325 e. The van der Waals surface area contributed by atoms with E-state index in [0.29, 0.717) is 76.3 Å². The van der Waals surface area contributed by atoms with Crippen molar-refractivity contribution >= 4 is 70.5 Å². The van der Waals surface area contributed by atoms with Crippen LogP contribution in [0.25, 0.3) is 0 Å². The third-order valence-electron chi connectivity index (χ3n) is 21.2. The van der Waals surface area contributed by atoms with Crippen LogP contribution in [0, 0.1) is 40.9 Å². The van der Waals surface area contributed by atoms with Gasteiger partial charge in [-0.3, -0.25) is 56.7 Å². The van der Waals surface area contributed by atoms with E-state index in [0.717, 1.165) is 0 Å². The Balaban J connectivity index is 1.14. The average molecular weight is 1910 g/mol. The number of hydrogen-bond donors (Lipinski definition) is 21. The summed E-state index contributed by atoms with van der Waals surface area (Å²) in [6.07, 6.45) is -15.1. The van der Waals surface area contributed by atoms with E-state index in [4.69, 9.17) is 33.2 Å². The van der Waals surface area contributed by atoms with E-state index in [1.54, 1.807) is 0 Å². The second kappa shape index (κ2) is 59.3. The Kier molecular flexibility index (Phi) is 51.9. The molecule has 0 radical (unpaired) electrons. The molecule has 16 atom stereocenters. The Labute approximate surface area is 736 Å². The van der Waals surface area contributed by atoms with Gasteiger partial charge in [-0.15, -0.1) is 5.10 Å². The largest absolute Gasteiger partial charge is 0.420 e. The normalized spacial score (nSPS) is 22.9. The second-order valence-electron chi connectivity index (χ2n) is 31.9. The number of hydrogen-bond acceptors (Lipinski definition) is 30. The van der Waals surface area contributed by atoms with Gasteiger partial charge in [-0.05, 0) is 115 Å². The lowest BCUT2D eigenvalue weighted by Crippen LogP contribution is -2.59. The third-order valence-corrected chi connectivity index (χ3v) is 23.6. The first-order chi connectivity index (χ1) is 60.7. The van der Waals surface area contributed by atoms with Crippen LogP contribution in [0.2, 0.25) is 0 Å². The van der Waals surface area contributed by atoms with Gasteiger partial charge in [0.15, 0.2) is 14.3 Å². The van der Waals surface area contributed by atoms with Crippen molar-refractivity contribution in [2.75, 3.05) is 117 Å². The molecule has 0 bridgehead atoms. The summed E-state index contributed by atoms with van der Waals surface area (Å²) in [7, 11) is -11.7. The number of aliphatic hydroxyl groups excluding tert-OH is 9. The number of amides is 7. The predicted molar refractivity (Wildman–Crippen MR) is 437 cm³/mol. The van der Waals surface area contributed by atoms with Gasteiger partial charge in [0.2, 0.25) is 76.2 Å². The molecule has 0 spiro atoms. The summed E-state index contributed by atoms with van der Waals surface area (Å²) in [6.45, 7) is -0.638. The highest BCUT2D eigenvalue weighted by atomic mass is 31.2. The molecule has 2 saturated carbocycles. The quantitative estimate of drug-likeness (QED) is 0.00669. The van der Waals surface area contributed by atoms with Gasteiger partial charge in [0.25, 0.3) is 0 Å². The van der Waals surface area contributed by atoms with Crippen LogP contribution in [0.5, 0.6) is 5.75 Å². The number of esters is 1. The molecule has 43 nitrogen and oxygen atoms in total. The molecular formula is C77H128F5N10O33P3. The molecule has 5 rings (SSSR count). The number of halogens is 5. The average Bonchev–Trinajstić information content (AvgIpc) is 0.862. The number of unbranched alkanes of at least 4 members (excludes halogenated alkanes) is 5. The van der Waals surface area contributed by atoms with Gasteiger partial charge in [-0.25, -0.2) is 13.2 Å². The standard InChI is InChI=1S/C77H128F5N10O33P3/c78-61-62(79)64(81)75(65(82)63(61)80)125-60(100)16-2-1-6-31-92-43-49(90-91-92)17-18-59(99)89-77(46-120-37-21-58(98)88-30-12-27-85-55(95)15-5-9-34-123-76-74(109)73(108)68(103)50(124-76)22-38-126(110)111,44-118-35-19-56(96)86-28-10-25-83-53(93)13-3-7-32-121-51-41-47(23-39-127(112,113)114)66(101)71(106)69(51)104)45-119-36-20-57(97)87-29-11-26-84-54(94)14-4-8-33-122-52-42-48(24-40-128(115,116)117)67(102)72(107)70(52)105/h43,47-48,50-52,66-74,76,101-109,126H,1-42,44-46H2,(H,83,93)(H,84,94)(H,85,95)(H,86,96)(H,87,97)(H,88,98)(H,89,99)(H,110,111)(H2,112,113,114)(H2,115,116,117)/t47-,48-,50+,51-,52-,66+,67+,68+,69+,70+,71-,72-,73-,74-,76-/m0/s1. The number of ether oxygens (including phenoxy) is 8. The van der Waals surface area contributed by atoms with Crippen molar-refractivity contribution in [2.24, 2.45) is 11.8 Å². The lowest BCUT2D eigenvalue weighted by atomic mass is 9.79. The van der Waals surface area contributed by atoms with Crippen molar-refractivity contribution in [2.45, 2.75) is 259 Å². The van der Waals surface area contributed by atoms with Crippen molar-refractivity contribution in [1.29, 1.82) is 0 Å². The number of rotatable bonds is 65. The summed E-state index contributed by atoms with van der Waals surface area (Å²) >= 11 is 0. The lowest BCUT2D eigenvalue weighted by molar-refractivity contribution is -0.296. The van der Waals surface area contributed by atoms with Gasteiger partial charge < -0.3 is 146 Å². The van der Waals surface area contributed by atoms with E-state index >= 15 is 0 Å². The van der Waals surface area contributed by atoms with E-state index in [-0.39, 0.29) is 199 Å². The van der Waals surface area contributed by atoms with Crippen LogP contribution in [0.4, 0.5) is 22.0 Å². The maximum Gasteiger partial charge on any atom is 0.325 e. The van der Waals surface area contributed by atoms with Crippen molar-refractivity contribution in [1.82, 2.24) is 52.2 Å². The number of nitrogens with one attached hydrogen (secondary N) is 7. The number of carbonyl (C=O) groups excluding carboxylic acids is 8. The molecule has 7 amide bonds. The highest BCUT2D eigenvalue weighted by molar-refractivity contribution is 7.52. The zero-order valence-corrected chi connectivity index (χ0v) is 74.0. The highest BCUT2D eigenvalue weighted by Gasteiger charge is 2.47. The van der Waals surface area contributed by atoms with E-state index < -0.39 is 223 Å². The molecule has 1 saturated heterocycles. The molecule has 1 unspecified atom stereocenters. The Morgan fingerprint density at radius 3 is 1.26 bits per heavy atom. The number of aryl methyl sites for hydroxylation is 2. The highest BCUT2D eigenvalue weighted by Crippen LogP contribution is 2.42. The van der Waals surface area contributed by atoms with Crippen LogP contribution in [0.15, 0.2) is 6.20 Å². The fraction of sp³-hybridized carbons (Fsp3) is 0.792. The maximum absolute atomic E-state index is 14.2. The number of aromatic nitrogens is 3. The van der Waals surface area contributed by atoms with Crippen LogP contribution < -0.4 is 42.0 Å². The molecule has 3 aliphatic rings. The summed E-state index contributed by atoms with van der Waals surface area (Å²) in [5, 5.41) is 121. The Hall–Kier alpha value is -6.38. The first kappa shape index (κ1) is 112. The van der Waals surface area contributed by atoms with Gasteiger partial charge in [-0.2, -0.15) is 8.78 Å². The molecule has 1 aromatic carbocycles. The zero-order chi connectivity index (χ0) is 94.5. The molecule has 2 aliphatic carbocycles. The fourth-order valence-corrected chi connectivity index (χ4v) is 15.8. The van der Waals surface area contributed by atoms with Crippen LogP contribution in [-0.2, 0) is 98.2 Å². The van der Waals surface area contributed by atoms with Gasteiger partial charge in [-0.1, -0.05) is 11.6 Å². The van der Waals surface area contributed by atoms with Crippen molar-refractivity contribution in [3.05, 3.63) is 41.0 Å². The summed E-state index contributed by atoms with van der Waals surface area (Å²) < 4.78 is 150. The van der Waals surface area contributed by atoms with Crippen LogP contribution in [0.3, 0.4) is 0 Å². The topological polar surface area (TPSA) is 660 Å². The third kappa shape index (κ3) is 43.1. The molecule has 128 heavy (non-hydrogen) atoms. The van der Waals surface area contributed by atoms with Crippen molar-refractivity contribution < 1.29 is 182 Å². The minimum atomic E-state index is -4.39. The summed E-state index contributed by atoms with van der Waals surface area (Å²) in [5.74, 6) is -19.0. The number of nitrogens with zero attached hydrogens (tertiary/aromatic N) is 3.